The maximum Gasteiger partial charge on any atom is 0.346 e. The molecular formula is C7H14O6P2. The normalized spacial score (nSPS) is 34.5. The molecule has 0 spiro atoms. The summed E-state index contributed by atoms with van der Waals surface area (Å²) in [4.78, 5) is 25.8. The van der Waals surface area contributed by atoms with Gasteiger partial charge in [0.15, 0.2) is 4.90 Å². The van der Waals surface area contributed by atoms with E-state index in [0.717, 1.165) is 0 Å². The second kappa shape index (κ2) is 3.81. The van der Waals surface area contributed by atoms with Gasteiger partial charge in [0.1, 0.15) is 0 Å². The third-order valence-electron chi connectivity index (χ3n) is 2.54. The van der Waals surface area contributed by atoms with E-state index in [-0.39, 0.29) is 13.0 Å². The van der Waals surface area contributed by atoms with Crippen molar-refractivity contribution in [2.45, 2.75) is 18.2 Å². The largest absolute Gasteiger partial charge is 0.346 e. The molecule has 0 heterocycles. The monoisotopic (exact) mass is 256 g/mol. The fourth-order valence-electron chi connectivity index (χ4n) is 1.65. The molecule has 0 aromatic heterocycles. The molecular weight excluding hydrogens is 242 g/mol. The molecule has 3 atom stereocenters. The van der Waals surface area contributed by atoms with Gasteiger partial charge in [-0.1, -0.05) is 6.08 Å². The minimum atomic E-state index is -4.69. The molecule has 88 valence electrons. The van der Waals surface area contributed by atoms with Crippen molar-refractivity contribution in [3.8, 4) is 0 Å². The van der Waals surface area contributed by atoms with Gasteiger partial charge in [0, 0.05) is 5.92 Å². The Morgan fingerprint density at radius 1 is 1.53 bits per heavy atom. The molecule has 0 bridgehead atoms. The van der Waals surface area contributed by atoms with Crippen molar-refractivity contribution in [3.05, 3.63) is 12.7 Å². The van der Waals surface area contributed by atoms with Crippen molar-refractivity contribution in [3.63, 3.8) is 0 Å². The highest BCUT2D eigenvalue weighted by Crippen LogP contribution is 2.85. The molecule has 0 aliphatic heterocycles. The lowest BCUT2D eigenvalue weighted by atomic mass is 10.4. The van der Waals surface area contributed by atoms with E-state index in [1.807, 2.05) is 0 Å². The Morgan fingerprint density at radius 3 is 2.33 bits per heavy atom. The Bertz CT molecular complexity index is 360. The van der Waals surface area contributed by atoms with Gasteiger partial charge in [0.05, 0.1) is 6.61 Å². The summed E-state index contributed by atoms with van der Waals surface area (Å²) in [5, 5.41) is 0. The summed E-state index contributed by atoms with van der Waals surface area (Å²) in [5.41, 5.74) is 0. The second-order valence-electron chi connectivity index (χ2n) is 3.41. The summed E-state index contributed by atoms with van der Waals surface area (Å²) in [7, 11) is -9.00. The Kier molecular flexibility index (Phi) is 3.33. The lowest BCUT2D eigenvalue weighted by molar-refractivity contribution is 0.261. The van der Waals surface area contributed by atoms with Crippen LogP contribution in [0.2, 0.25) is 0 Å². The fraction of sp³-hybridized carbons (Fsp3) is 0.714. The summed E-state index contributed by atoms with van der Waals surface area (Å²) in [6.45, 7) is 4.79. The summed E-state index contributed by atoms with van der Waals surface area (Å²) >= 11 is 0. The van der Waals surface area contributed by atoms with Crippen molar-refractivity contribution in [2.24, 2.45) is 5.92 Å². The average molecular weight is 256 g/mol. The van der Waals surface area contributed by atoms with Gasteiger partial charge in [-0.3, -0.25) is 9.13 Å². The van der Waals surface area contributed by atoms with Crippen LogP contribution in [0.3, 0.4) is 0 Å². The van der Waals surface area contributed by atoms with Gasteiger partial charge in [-0.25, -0.2) is 0 Å². The molecule has 0 amide bonds. The predicted octanol–water partition coefficient (Wildman–Crippen LogP) is 1.29. The molecule has 8 heteroatoms. The SMILES string of the molecule is C=CC1CC1(P(=O)(O)O)P(=O)(O)OCC. The van der Waals surface area contributed by atoms with E-state index >= 15 is 0 Å². The molecule has 3 unspecified atom stereocenters. The minimum Gasteiger partial charge on any atom is -0.324 e. The molecule has 3 N–H and O–H groups in total. The Balaban J connectivity index is 3.12. The van der Waals surface area contributed by atoms with Crippen molar-refractivity contribution in [1.29, 1.82) is 0 Å². The summed E-state index contributed by atoms with van der Waals surface area (Å²) in [5.74, 6) is -0.666. The van der Waals surface area contributed by atoms with Crippen LogP contribution in [0.1, 0.15) is 13.3 Å². The van der Waals surface area contributed by atoms with Crippen LogP contribution in [-0.2, 0) is 13.7 Å². The zero-order valence-electron chi connectivity index (χ0n) is 8.24. The molecule has 1 aliphatic rings. The first-order chi connectivity index (χ1) is 6.73. The molecule has 6 nitrogen and oxygen atoms in total. The van der Waals surface area contributed by atoms with Crippen molar-refractivity contribution >= 4 is 15.2 Å². The Hall–Kier alpha value is 0.0400. The van der Waals surface area contributed by atoms with Crippen molar-refractivity contribution < 1.29 is 28.3 Å². The number of hydrogen-bond donors (Lipinski definition) is 3. The summed E-state index contributed by atoms with van der Waals surface area (Å²) in [6, 6.07) is 0. The van der Waals surface area contributed by atoms with Crippen LogP contribution in [0.15, 0.2) is 12.7 Å². The van der Waals surface area contributed by atoms with Crippen LogP contribution in [-0.4, -0.2) is 26.2 Å². The molecule has 0 aromatic rings. The van der Waals surface area contributed by atoms with E-state index in [4.69, 9.17) is 9.79 Å². The van der Waals surface area contributed by atoms with Gasteiger partial charge >= 0.3 is 15.2 Å². The first-order valence-corrected chi connectivity index (χ1v) is 7.57. The van der Waals surface area contributed by atoms with Crippen LogP contribution in [0.5, 0.6) is 0 Å². The van der Waals surface area contributed by atoms with Crippen molar-refractivity contribution in [1.82, 2.24) is 0 Å². The first kappa shape index (κ1) is 13.1. The van der Waals surface area contributed by atoms with Gasteiger partial charge in [-0.15, -0.1) is 6.58 Å². The Morgan fingerprint density at radius 2 is 2.07 bits per heavy atom. The van der Waals surface area contributed by atoms with Crippen LogP contribution in [0, 0.1) is 5.92 Å². The lowest BCUT2D eigenvalue weighted by Gasteiger charge is -2.23. The molecule has 1 saturated carbocycles. The van der Waals surface area contributed by atoms with Gasteiger partial charge in [-0.05, 0) is 13.3 Å². The summed E-state index contributed by atoms with van der Waals surface area (Å²) in [6.07, 6.45) is 1.22. The zero-order valence-corrected chi connectivity index (χ0v) is 10.0. The van der Waals surface area contributed by atoms with Gasteiger partial charge in [0.2, 0.25) is 0 Å². The molecule has 0 saturated heterocycles. The first-order valence-electron chi connectivity index (χ1n) is 4.38. The van der Waals surface area contributed by atoms with E-state index in [1.54, 1.807) is 0 Å². The van der Waals surface area contributed by atoms with E-state index < -0.39 is 26.0 Å². The minimum absolute atomic E-state index is 0.0610. The van der Waals surface area contributed by atoms with Gasteiger partial charge in [0.25, 0.3) is 0 Å². The lowest BCUT2D eigenvalue weighted by Crippen LogP contribution is -2.15. The predicted molar refractivity (Wildman–Crippen MR) is 54.5 cm³/mol. The number of rotatable bonds is 5. The fourth-order valence-corrected chi connectivity index (χ4v) is 5.64. The second-order valence-corrected chi connectivity index (χ2v) is 7.74. The molecule has 1 aliphatic carbocycles. The van der Waals surface area contributed by atoms with E-state index in [2.05, 4.69) is 11.1 Å². The van der Waals surface area contributed by atoms with Crippen LogP contribution < -0.4 is 0 Å². The van der Waals surface area contributed by atoms with Crippen LogP contribution in [0.25, 0.3) is 0 Å². The molecule has 1 fully saturated rings. The third-order valence-corrected chi connectivity index (χ3v) is 7.70. The molecule has 0 radical (unpaired) electrons. The number of allylic oxidation sites excluding steroid dienone is 1. The highest BCUT2D eigenvalue weighted by atomic mass is 31.2. The molecule has 0 aromatic carbocycles. The van der Waals surface area contributed by atoms with Crippen LogP contribution >= 0.6 is 15.2 Å². The van der Waals surface area contributed by atoms with E-state index in [9.17, 15) is 14.0 Å². The van der Waals surface area contributed by atoms with Gasteiger partial charge < -0.3 is 19.2 Å². The quantitative estimate of drug-likeness (QED) is 0.505. The maximum atomic E-state index is 11.7. The van der Waals surface area contributed by atoms with Gasteiger partial charge in [-0.2, -0.15) is 0 Å². The smallest absolute Gasteiger partial charge is 0.324 e. The number of hydrogen-bond acceptors (Lipinski definition) is 3. The Labute approximate surface area is 87.7 Å². The average Bonchev–Trinajstić information content (AvgIpc) is 2.77. The molecule has 1 rings (SSSR count). The van der Waals surface area contributed by atoms with E-state index in [0.29, 0.717) is 0 Å². The maximum absolute atomic E-state index is 11.7. The summed E-state index contributed by atoms with van der Waals surface area (Å²) < 4.78 is 27.5. The van der Waals surface area contributed by atoms with E-state index in [1.165, 1.54) is 13.0 Å². The third kappa shape index (κ3) is 1.86. The molecule has 15 heavy (non-hydrogen) atoms. The zero-order chi connectivity index (χ0) is 11.9. The van der Waals surface area contributed by atoms with Crippen LogP contribution in [0.4, 0.5) is 0 Å². The standard InChI is InChI=1S/C7H14O6P2/c1-3-6-5-7(6,14(8,9)10)15(11,12)13-4-2/h3,6H,1,4-5H2,2H3,(H,11,12)(H2,8,9,10). The van der Waals surface area contributed by atoms with Crippen molar-refractivity contribution in [2.75, 3.05) is 6.61 Å². The topological polar surface area (TPSA) is 104 Å². The highest BCUT2D eigenvalue weighted by Gasteiger charge is 2.75. The highest BCUT2D eigenvalue weighted by molar-refractivity contribution is 7.73.